The number of rotatable bonds is 6. The van der Waals surface area contributed by atoms with E-state index in [0.29, 0.717) is 5.95 Å². The number of pyridine rings is 1. The van der Waals surface area contributed by atoms with E-state index in [9.17, 15) is 0 Å². The van der Waals surface area contributed by atoms with Crippen molar-refractivity contribution in [3.63, 3.8) is 0 Å². The van der Waals surface area contributed by atoms with Gasteiger partial charge in [-0.2, -0.15) is 0 Å². The first-order chi connectivity index (χ1) is 13.3. The minimum atomic E-state index is 0.683. The van der Waals surface area contributed by atoms with E-state index in [2.05, 4.69) is 51.4 Å². The number of aryl methyl sites for hydroxylation is 1. The molecule has 5 heteroatoms. The van der Waals surface area contributed by atoms with Gasteiger partial charge in [0, 0.05) is 42.8 Å². The van der Waals surface area contributed by atoms with Crippen molar-refractivity contribution in [2.75, 3.05) is 31.5 Å². The molecule has 0 bridgehead atoms. The highest BCUT2D eigenvalue weighted by Gasteiger charge is 2.13. The third kappa shape index (κ3) is 4.31. The van der Waals surface area contributed by atoms with Crippen molar-refractivity contribution in [3.8, 4) is 22.4 Å². The van der Waals surface area contributed by atoms with Crippen molar-refractivity contribution in [1.82, 2.24) is 19.9 Å². The standard InChI is InChI=1S/C22H25N5/c1-17-4-6-19(7-5-17)21-20(18-8-10-23-11-9-18)16-25-22(26-21)24-12-15-27-13-2-3-14-27/h4-11,16H,2-3,12-15H2,1H3,(H,24,25,26). The van der Waals surface area contributed by atoms with Crippen LogP contribution in [0.1, 0.15) is 18.4 Å². The summed E-state index contributed by atoms with van der Waals surface area (Å²) in [5, 5.41) is 3.40. The van der Waals surface area contributed by atoms with Crippen molar-refractivity contribution in [1.29, 1.82) is 0 Å². The minimum absolute atomic E-state index is 0.683. The molecule has 27 heavy (non-hydrogen) atoms. The SMILES string of the molecule is Cc1ccc(-c2nc(NCCN3CCCC3)ncc2-c2ccncc2)cc1. The van der Waals surface area contributed by atoms with E-state index >= 15 is 0 Å². The molecule has 1 aliphatic heterocycles. The summed E-state index contributed by atoms with van der Waals surface area (Å²) in [6.45, 7) is 6.41. The molecule has 1 saturated heterocycles. The maximum absolute atomic E-state index is 4.85. The highest BCUT2D eigenvalue weighted by atomic mass is 15.2. The number of likely N-dealkylation sites (tertiary alicyclic amines) is 1. The van der Waals surface area contributed by atoms with E-state index in [1.807, 2.05) is 18.3 Å². The molecule has 0 unspecified atom stereocenters. The van der Waals surface area contributed by atoms with Gasteiger partial charge in [0.1, 0.15) is 0 Å². The summed E-state index contributed by atoms with van der Waals surface area (Å²) in [6.07, 6.45) is 8.14. The quantitative estimate of drug-likeness (QED) is 0.720. The second-order valence-electron chi connectivity index (χ2n) is 7.03. The van der Waals surface area contributed by atoms with Crippen molar-refractivity contribution in [2.45, 2.75) is 19.8 Å². The number of hydrogen-bond donors (Lipinski definition) is 1. The van der Waals surface area contributed by atoms with Crippen LogP contribution in [-0.4, -0.2) is 46.0 Å². The van der Waals surface area contributed by atoms with Gasteiger partial charge in [-0.15, -0.1) is 0 Å². The maximum Gasteiger partial charge on any atom is 0.223 e. The Morgan fingerprint density at radius 2 is 1.70 bits per heavy atom. The average Bonchev–Trinajstić information content (AvgIpc) is 3.23. The lowest BCUT2D eigenvalue weighted by Gasteiger charge is -2.16. The topological polar surface area (TPSA) is 53.9 Å². The van der Waals surface area contributed by atoms with Gasteiger partial charge in [0.15, 0.2) is 0 Å². The summed E-state index contributed by atoms with van der Waals surface area (Å²) in [4.78, 5) is 16.0. The average molecular weight is 359 g/mol. The van der Waals surface area contributed by atoms with E-state index in [4.69, 9.17) is 4.98 Å². The number of nitrogens with one attached hydrogen (secondary N) is 1. The van der Waals surface area contributed by atoms with Crippen molar-refractivity contribution in [2.24, 2.45) is 0 Å². The Hall–Kier alpha value is -2.79. The summed E-state index contributed by atoms with van der Waals surface area (Å²) < 4.78 is 0. The fourth-order valence-electron chi connectivity index (χ4n) is 3.47. The van der Waals surface area contributed by atoms with Gasteiger partial charge >= 0.3 is 0 Å². The molecular formula is C22H25N5. The van der Waals surface area contributed by atoms with Gasteiger partial charge in [0.25, 0.3) is 0 Å². The second kappa shape index (κ2) is 8.27. The van der Waals surface area contributed by atoms with E-state index in [1.54, 1.807) is 12.4 Å². The fraction of sp³-hybridized carbons (Fsp3) is 0.318. The Morgan fingerprint density at radius 3 is 2.44 bits per heavy atom. The zero-order valence-electron chi connectivity index (χ0n) is 15.7. The summed E-state index contributed by atoms with van der Waals surface area (Å²) in [5.41, 5.74) is 5.37. The zero-order valence-corrected chi connectivity index (χ0v) is 15.7. The Kier molecular flexibility index (Phi) is 5.39. The Morgan fingerprint density at radius 1 is 0.963 bits per heavy atom. The lowest BCUT2D eigenvalue weighted by molar-refractivity contribution is 0.352. The predicted octanol–water partition coefficient (Wildman–Crippen LogP) is 4.02. The maximum atomic E-state index is 4.85. The molecule has 0 saturated carbocycles. The molecule has 5 nitrogen and oxygen atoms in total. The van der Waals surface area contributed by atoms with Gasteiger partial charge in [-0.05, 0) is 50.6 Å². The first kappa shape index (κ1) is 17.6. The lowest BCUT2D eigenvalue weighted by atomic mass is 10.0. The van der Waals surface area contributed by atoms with Crippen LogP contribution in [-0.2, 0) is 0 Å². The molecule has 0 radical (unpaired) electrons. The molecule has 3 aromatic rings. The molecular weight excluding hydrogens is 334 g/mol. The Bertz CT molecular complexity index is 871. The molecule has 3 heterocycles. The van der Waals surface area contributed by atoms with Gasteiger partial charge in [0.2, 0.25) is 5.95 Å². The third-order valence-corrected chi connectivity index (χ3v) is 5.01. The van der Waals surface area contributed by atoms with Crippen LogP contribution in [0.2, 0.25) is 0 Å². The summed E-state index contributed by atoms with van der Waals surface area (Å²) >= 11 is 0. The lowest BCUT2D eigenvalue weighted by Crippen LogP contribution is -2.26. The smallest absolute Gasteiger partial charge is 0.223 e. The van der Waals surface area contributed by atoms with E-state index in [1.165, 1.54) is 31.5 Å². The zero-order chi connectivity index (χ0) is 18.5. The Labute approximate surface area is 160 Å². The monoisotopic (exact) mass is 359 g/mol. The molecule has 4 rings (SSSR count). The highest BCUT2D eigenvalue weighted by molar-refractivity contribution is 5.80. The number of benzene rings is 1. The van der Waals surface area contributed by atoms with Gasteiger partial charge in [-0.3, -0.25) is 4.98 Å². The van der Waals surface area contributed by atoms with Crippen molar-refractivity contribution in [3.05, 3.63) is 60.6 Å². The molecule has 0 atom stereocenters. The van der Waals surface area contributed by atoms with Crippen molar-refractivity contribution >= 4 is 5.95 Å². The van der Waals surface area contributed by atoms with E-state index < -0.39 is 0 Å². The number of nitrogens with zero attached hydrogens (tertiary/aromatic N) is 4. The van der Waals surface area contributed by atoms with Crippen LogP contribution in [0.15, 0.2) is 55.0 Å². The molecule has 2 aromatic heterocycles. The molecule has 1 N–H and O–H groups in total. The van der Waals surface area contributed by atoms with Crippen LogP contribution in [0.25, 0.3) is 22.4 Å². The molecule has 0 aliphatic carbocycles. The highest BCUT2D eigenvalue weighted by Crippen LogP contribution is 2.30. The first-order valence-corrected chi connectivity index (χ1v) is 9.60. The van der Waals surface area contributed by atoms with Gasteiger partial charge < -0.3 is 10.2 Å². The minimum Gasteiger partial charge on any atom is -0.353 e. The van der Waals surface area contributed by atoms with Gasteiger partial charge in [-0.1, -0.05) is 29.8 Å². The van der Waals surface area contributed by atoms with Crippen LogP contribution in [0.3, 0.4) is 0 Å². The van der Waals surface area contributed by atoms with Crippen LogP contribution in [0.4, 0.5) is 5.95 Å². The normalized spacial score (nSPS) is 14.4. The second-order valence-corrected chi connectivity index (χ2v) is 7.03. The van der Waals surface area contributed by atoms with E-state index in [-0.39, 0.29) is 0 Å². The van der Waals surface area contributed by atoms with Crippen LogP contribution >= 0.6 is 0 Å². The summed E-state index contributed by atoms with van der Waals surface area (Å²) in [6, 6.07) is 12.5. The summed E-state index contributed by atoms with van der Waals surface area (Å²) in [7, 11) is 0. The number of aromatic nitrogens is 3. The van der Waals surface area contributed by atoms with Gasteiger partial charge in [0.05, 0.1) is 5.69 Å². The number of hydrogen-bond acceptors (Lipinski definition) is 5. The van der Waals surface area contributed by atoms with Crippen LogP contribution < -0.4 is 5.32 Å². The molecule has 1 aliphatic rings. The first-order valence-electron chi connectivity index (χ1n) is 9.60. The molecule has 1 aromatic carbocycles. The van der Waals surface area contributed by atoms with Crippen molar-refractivity contribution < 1.29 is 0 Å². The van der Waals surface area contributed by atoms with E-state index in [0.717, 1.165) is 35.5 Å². The largest absolute Gasteiger partial charge is 0.353 e. The molecule has 1 fully saturated rings. The van der Waals surface area contributed by atoms with Gasteiger partial charge in [-0.25, -0.2) is 9.97 Å². The molecule has 0 spiro atoms. The fourth-order valence-corrected chi connectivity index (χ4v) is 3.47. The number of anilines is 1. The van der Waals surface area contributed by atoms with Crippen LogP contribution in [0.5, 0.6) is 0 Å². The Balaban J connectivity index is 1.60. The van der Waals surface area contributed by atoms with Crippen LogP contribution in [0, 0.1) is 6.92 Å². The predicted molar refractivity (Wildman–Crippen MR) is 110 cm³/mol. The third-order valence-electron chi connectivity index (χ3n) is 5.01. The molecule has 138 valence electrons. The summed E-state index contributed by atoms with van der Waals surface area (Å²) in [5.74, 6) is 0.683. The molecule has 0 amide bonds.